The van der Waals surface area contributed by atoms with E-state index in [1.165, 1.54) is 5.56 Å². The molecule has 0 amide bonds. The minimum atomic E-state index is -1.23. The molecule has 0 aromatic heterocycles. The van der Waals surface area contributed by atoms with Crippen LogP contribution in [0.2, 0.25) is 0 Å². The second kappa shape index (κ2) is 8.27. The van der Waals surface area contributed by atoms with E-state index >= 15 is 0 Å². The predicted octanol–water partition coefficient (Wildman–Crippen LogP) is 4.09. The normalized spacial score (nSPS) is 18.9. The largest absolute Gasteiger partial charge is 0.379 e. The Morgan fingerprint density at radius 3 is 1.89 bits per heavy atom. The van der Waals surface area contributed by atoms with Crippen LogP contribution in [0, 0.1) is 0 Å². The maximum Gasteiger partial charge on any atom is 0.131 e. The first-order chi connectivity index (χ1) is 13.7. The standard InChI is InChI=1S/C25H28N2O/c26-24(19-27-18-10-17-23(27)20-11-4-1-5-12-20)25(28,21-13-6-2-7-14-21)22-15-8-3-9-16-22/h1-9,11-16,23-24,28H,10,17-19,26H2/t23-,24+/m1/s1. The molecule has 0 radical (unpaired) electrons. The van der Waals surface area contributed by atoms with Crippen LogP contribution in [0.4, 0.5) is 0 Å². The quantitative estimate of drug-likeness (QED) is 0.685. The highest BCUT2D eigenvalue weighted by Crippen LogP contribution is 2.36. The van der Waals surface area contributed by atoms with Crippen molar-refractivity contribution >= 4 is 0 Å². The number of likely N-dealkylation sites (tertiary alicyclic amines) is 1. The van der Waals surface area contributed by atoms with Gasteiger partial charge in [0.25, 0.3) is 0 Å². The molecule has 144 valence electrons. The zero-order chi connectivity index (χ0) is 19.4. The fraction of sp³-hybridized carbons (Fsp3) is 0.280. The predicted molar refractivity (Wildman–Crippen MR) is 114 cm³/mol. The molecule has 2 atom stereocenters. The second-order valence-electron chi connectivity index (χ2n) is 7.67. The molecule has 1 fully saturated rings. The van der Waals surface area contributed by atoms with E-state index in [1.54, 1.807) is 0 Å². The molecule has 3 nitrogen and oxygen atoms in total. The fourth-order valence-electron chi connectivity index (χ4n) is 4.46. The van der Waals surface area contributed by atoms with E-state index in [4.69, 9.17) is 5.73 Å². The van der Waals surface area contributed by atoms with Crippen LogP contribution < -0.4 is 5.73 Å². The molecule has 1 aliphatic rings. The van der Waals surface area contributed by atoms with Gasteiger partial charge in [-0.15, -0.1) is 0 Å². The third kappa shape index (κ3) is 3.61. The highest BCUT2D eigenvalue weighted by molar-refractivity contribution is 5.38. The van der Waals surface area contributed by atoms with Crippen molar-refractivity contribution in [3.8, 4) is 0 Å². The second-order valence-corrected chi connectivity index (χ2v) is 7.67. The summed E-state index contributed by atoms with van der Waals surface area (Å²) in [7, 11) is 0. The average molecular weight is 373 g/mol. The first-order valence-electron chi connectivity index (χ1n) is 10.1. The molecule has 1 aliphatic heterocycles. The molecule has 1 heterocycles. The summed E-state index contributed by atoms with van der Waals surface area (Å²) in [5.74, 6) is 0. The summed E-state index contributed by atoms with van der Waals surface area (Å²) in [6.45, 7) is 1.65. The summed E-state index contributed by atoms with van der Waals surface area (Å²) in [6, 6.07) is 30.2. The topological polar surface area (TPSA) is 49.5 Å². The Bertz CT molecular complexity index is 827. The van der Waals surface area contributed by atoms with Gasteiger partial charge in [-0.1, -0.05) is 91.0 Å². The molecular formula is C25H28N2O. The van der Waals surface area contributed by atoms with E-state index in [1.807, 2.05) is 60.7 Å². The van der Waals surface area contributed by atoms with E-state index in [9.17, 15) is 5.11 Å². The van der Waals surface area contributed by atoms with Gasteiger partial charge in [-0.2, -0.15) is 0 Å². The van der Waals surface area contributed by atoms with Crippen LogP contribution in [0.15, 0.2) is 91.0 Å². The molecule has 4 rings (SSSR count). The molecular weight excluding hydrogens is 344 g/mol. The van der Waals surface area contributed by atoms with Crippen LogP contribution in [0.25, 0.3) is 0 Å². The molecule has 28 heavy (non-hydrogen) atoms. The summed E-state index contributed by atoms with van der Waals surface area (Å²) in [6.07, 6.45) is 2.28. The smallest absolute Gasteiger partial charge is 0.131 e. The molecule has 0 unspecified atom stereocenters. The summed E-state index contributed by atoms with van der Waals surface area (Å²) < 4.78 is 0. The van der Waals surface area contributed by atoms with E-state index in [2.05, 4.69) is 35.2 Å². The number of rotatable bonds is 6. The molecule has 3 heteroatoms. The number of benzene rings is 3. The van der Waals surface area contributed by atoms with Gasteiger partial charge in [0.05, 0.1) is 6.04 Å². The van der Waals surface area contributed by atoms with E-state index in [-0.39, 0.29) is 0 Å². The highest BCUT2D eigenvalue weighted by Gasteiger charge is 2.40. The molecule has 3 aromatic rings. The van der Waals surface area contributed by atoms with Crippen LogP contribution in [-0.4, -0.2) is 29.1 Å². The van der Waals surface area contributed by atoms with Crippen molar-refractivity contribution < 1.29 is 5.11 Å². The number of hydrogen-bond acceptors (Lipinski definition) is 3. The monoisotopic (exact) mass is 372 g/mol. The third-order valence-corrected chi connectivity index (χ3v) is 5.94. The van der Waals surface area contributed by atoms with Gasteiger partial charge in [-0.25, -0.2) is 0 Å². The maximum absolute atomic E-state index is 11.9. The van der Waals surface area contributed by atoms with Crippen LogP contribution in [0.1, 0.15) is 35.6 Å². The number of nitrogens with zero attached hydrogens (tertiary/aromatic N) is 1. The lowest BCUT2D eigenvalue weighted by Crippen LogP contribution is -2.52. The van der Waals surface area contributed by atoms with Gasteiger partial charge in [0.1, 0.15) is 5.60 Å². The van der Waals surface area contributed by atoms with Gasteiger partial charge in [-0.3, -0.25) is 4.90 Å². The van der Waals surface area contributed by atoms with Crippen molar-refractivity contribution in [2.24, 2.45) is 5.73 Å². The average Bonchev–Trinajstić information content (AvgIpc) is 3.23. The van der Waals surface area contributed by atoms with Crippen molar-refractivity contribution in [3.05, 3.63) is 108 Å². The van der Waals surface area contributed by atoms with Crippen molar-refractivity contribution in [2.75, 3.05) is 13.1 Å². The SMILES string of the molecule is N[C@@H](CN1CCC[C@@H]1c1ccccc1)C(O)(c1ccccc1)c1ccccc1. The number of hydrogen-bond donors (Lipinski definition) is 2. The molecule has 1 saturated heterocycles. The molecule has 0 spiro atoms. The Balaban J connectivity index is 1.64. The molecule has 3 N–H and O–H groups in total. The summed E-state index contributed by atoms with van der Waals surface area (Å²) in [5, 5.41) is 11.9. The molecule has 0 saturated carbocycles. The van der Waals surface area contributed by atoms with Crippen LogP contribution in [-0.2, 0) is 5.60 Å². The Labute approximate surface area is 167 Å². The fourth-order valence-corrected chi connectivity index (χ4v) is 4.46. The lowest BCUT2D eigenvalue weighted by molar-refractivity contribution is 0.0346. The van der Waals surface area contributed by atoms with Gasteiger partial charge in [0.15, 0.2) is 0 Å². The molecule has 0 bridgehead atoms. The van der Waals surface area contributed by atoms with Crippen LogP contribution in [0.3, 0.4) is 0 Å². The van der Waals surface area contributed by atoms with Gasteiger partial charge in [-0.05, 0) is 36.1 Å². The summed E-state index contributed by atoms with van der Waals surface area (Å²) in [4.78, 5) is 2.43. The maximum atomic E-state index is 11.9. The van der Waals surface area contributed by atoms with Crippen molar-refractivity contribution in [1.29, 1.82) is 0 Å². The van der Waals surface area contributed by atoms with E-state index in [0.29, 0.717) is 12.6 Å². The van der Waals surface area contributed by atoms with Crippen molar-refractivity contribution in [3.63, 3.8) is 0 Å². The Hall–Kier alpha value is -2.46. The van der Waals surface area contributed by atoms with Crippen molar-refractivity contribution in [1.82, 2.24) is 4.90 Å². The molecule has 3 aromatic carbocycles. The van der Waals surface area contributed by atoms with Gasteiger partial charge in [0, 0.05) is 12.6 Å². The Kier molecular flexibility index (Phi) is 5.58. The Morgan fingerprint density at radius 1 is 0.857 bits per heavy atom. The first kappa shape index (κ1) is 18.9. The van der Waals surface area contributed by atoms with E-state index < -0.39 is 11.6 Å². The van der Waals surface area contributed by atoms with Gasteiger partial charge in [0.2, 0.25) is 0 Å². The first-order valence-corrected chi connectivity index (χ1v) is 10.1. The molecule has 0 aliphatic carbocycles. The lowest BCUT2D eigenvalue weighted by atomic mass is 9.80. The van der Waals surface area contributed by atoms with Crippen LogP contribution in [0.5, 0.6) is 0 Å². The minimum Gasteiger partial charge on any atom is -0.379 e. The summed E-state index contributed by atoms with van der Waals surface area (Å²) in [5.41, 5.74) is 8.52. The van der Waals surface area contributed by atoms with Crippen LogP contribution >= 0.6 is 0 Å². The Morgan fingerprint density at radius 2 is 1.36 bits per heavy atom. The third-order valence-electron chi connectivity index (χ3n) is 5.94. The minimum absolute atomic E-state index is 0.364. The van der Waals surface area contributed by atoms with E-state index in [0.717, 1.165) is 30.5 Å². The highest BCUT2D eigenvalue weighted by atomic mass is 16.3. The van der Waals surface area contributed by atoms with Gasteiger partial charge < -0.3 is 10.8 Å². The lowest BCUT2D eigenvalue weighted by Gasteiger charge is -2.38. The number of aliphatic hydroxyl groups is 1. The number of nitrogens with two attached hydrogens (primary N) is 1. The van der Waals surface area contributed by atoms with Gasteiger partial charge >= 0.3 is 0 Å². The zero-order valence-corrected chi connectivity index (χ0v) is 16.1. The zero-order valence-electron chi connectivity index (χ0n) is 16.1. The summed E-state index contributed by atoms with van der Waals surface area (Å²) >= 11 is 0. The van der Waals surface area contributed by atoms with Crippen molar-refractivity contribution in [2.45, 2.75) is 30.5 Å².